The van der Waals surface area contributed by atoms with Crippen molar-refractivity contribution in [3.63, 3.8) is 0 Å². The zero-order valence-corrected chi connectivity index (χ0v) is 19.9. The number of nitrogens with one attached hydrogen (secondary N) is 1. The molecule has 4 nitrogen and oxygen atoms in total. The Morgan fingerprint density at radius 3 is 2.32 bits per heavy atom. The summed E-state index contributed by atoms with van der Waals surface area (Å²) in [5, 5.41) is 5.27. The second-order valence-electron chi connectivity index (χ2n) is 8.13. The van der Waals surface area contributed by atoms with E-state index in [0.717, 1.165) is 15.6 Å². The molecular weight excluding hydrogens is 452 g/mol. The molecule has 0 saturated heterocycles. The van der Waals surface area contributed by atoms with E-state index in [-0.39, 0.29) is 17.9 Å². The molecule has 3 aromatic carbocycles. The highest BCUT2D eigenvalue weighted by molar-refractivity contribution is 9.10. The Morgan fingerprint density at radius 1 is 0.935 bits per heavy atom. The molecule has 0 saturated carbocycles. The summed E-state index contributed by atoms with van der Waals surface area (Å²) in [4.78, 5) is 27.7. The summed E-state index contributed by atoms with van der Waals surface area (Å²) < 4.78 is 0.982. The van der Waals surface area contributed by atoms with Crippen LogP contribution in [-0.2, 0) is 22.6 Å². The zero-order valence-electron chi connectivity index (χ0n) is 18.3. The standard InChI is InChI=1S/C26H29BrN2O2/c1-18(2)28-26(31)19(3)29(17-20-11-14-23(27)15-12-20)25(30)16-13-22-9-6-8-21-7-4-5-10-24(21)22/h4-12,14-15,18-19H,13,16-17H2,1-3H3,(H,28,31)/t19-/m0/s1. The second kappa shape index (κ2) is 10.6. The minimum absolute atomic E-state index is 0.0234. The normalized spacial score (nSPS) is 12.0. The van der Waals surface area contributed by atoms with Gasteiger partial charge in [0.1, 0.15) is 6.04 Å². The van der Waals surface area contributed by atoms with Gasteiger partial charge < -0.3 is 10.2 Å². The van der Waals surface area contributed by atoms with Crippen molar-refractivity contribution < 1.29 is 9.59 Å². The first-order chi connectivity index (χ1) is 14.8. The van der Waals surface area contributed by atoms with Gasteiger partial charge in [-0.05, 0) is 61.2 Å². The van der Waals surface area contributed by atoms with Crippen molar-refractivity contribution in [1.29, 1.82) is 0 Å². The predicted octanol–water partition coefficient (Wildman–Crippen LogP) is 5.48. The van der Waals surface area contributed by atoms with Crippen LogP contribution in [-0.4, -0.2) is 28.8 Å². The summed E-state index contributed by atoms with van der Waals surface area (Å²) in [7, 11) is 0. The molecule has 0 aliphatic rings. The molecule has 5 heteroatoms. The van der Waals surface area contributed by atoms with Crippen molar-refractivity contribution in [1.82, 2.24) is 10.2 Å². The Labute approximate surface area is 192 Å². The molecule has 0 bridgehead atoms. The van der Waals surface area contributed by atoms with Crippen molar-refractivity contribution in [3.05, 3.63) is 82.3 Å². The van der Waals surface area contributed by atoms with E-state index in [2.05, 4.69) is 45.5 Å². The maximum absolute atomic E-state index is 13.3. The summed E-state index contributed by atoms with van der Waals surface area (Å²) in [6, 6.07) is 21.7. The predicted molar refractivity (Wildman–Crippen MR) is 130 cm³/mol. The molecule has 0 heterocycles. The third-order valence-electron chi connectivity index (χ3n) is 5.35. The molecule has 0 aliphatic carbocycles. The number of benzene rings is 3. The molecule has 0 aliphatic heterocycles. The molecule has 31 heavy (non-hydrogen) atoms. The number of fused-ring (bicyclic) bond motifs is 1. The maximum atomic E-state index is 13.3. The summed E-state index contributed by atoms with van der Waals surface area (Å²) in [5.41, 5.74) is 2.14. The number of nitrogens with zero attached hydrogens (tertiary/aromatic N) is 1. The molecule has 0 aromatic heterocycles. The fourth-order valence-corrected chi connectivity index (χ4v) is 3.93. The Bertz CT molecular complexity index is 1040. The van der Waals surface area contributed by atoms with Gasteiger partial charge in [0.05, 0.1) is 0 Å². The molecule has 3 aromatic rings. The average Bonchev–Trinajstić information content (AvgIpc) is 2.76. The first-order valence-corrected chi connectivity index (χ1v) is 11.5. The first kappa shape index (κ1) is 23.0. The van der Waals surface area contributed by atoms with Gasteiger partial charge in [0.15, 0.2) is 0 Å². The van der Waals surface area contributed by atoms with Crippen LogP contribution in [0.15, 0.2) is 71.2 Å². The fourth-order valence-electron chi connectivity index (χ4n) is 3.67. The number of halogens is 1. The highest BCUT2D eigenvalue weighted by atomic mass is 79.9. The van der Waals surface area contributed by atoms with Gasteiger partial charge in [0, 0.05) is 23.5 Å². The molecule has 162 valence electrons. The monoisotopic (exact) mass is 480 g/mol. The van der Waals surface area contributed by atoms with Gasteiger partial charge in [-0.15, -0.1) is 0 Å². The summed E-state index contributed by atoms with van der Waals surface area (Å²) in [5.74, 6) is -0.159. The number of hydrogen-bond donors (Lipinski definition) is 1. The quantitative estimate of drug-likeness (QED) is 0.464. The molecular formula is C26H29BrN2O2. The maximum Gasteiger partial charge on any atom is 0.242 e. The summed E-state index contributed by atoms with van der Waals surface area (Å²) in [6.07, 6.45) is 0.985. The van der Waals surface area contributed by atoms with Gasteiger partial charge >= 0.3 is 0 Å². The van der Waals surface area contributed by atoms with Gasteiger partial charge in [-0.25, -0.2) is 0 Å². The number of hydrogen-bond acceptors (Lipinski definition) is 2. The van der Waals surface area contributed by atoms with Gasteiger partial charge in [-0.2, -0.15) is 0 Å². The number of rotatable bonds is 8. The van der Waals surface area contributed by atoms with Crippen molar-refractivity contribution in [2.45, 2.75) is 52.2 Å². The fraction of sp³-hybridized carbons (Fsp3) is 0.308. The lowest BCUT2D eigenvalue weighted by Crippen LogP contribution is -2.49. The Hall–Kier alpha value is -2.66. The van der Waals surface area contributed by atoms with Crippen molar-refractivity contribution in [2.75, 3.05) is 0 Å². The number of aryl methyl sites for hydroxylation is 1. The van der Waals surface area contributed by atoms with Crippen LogP contribution >= 0.6 is 15.9 Å². The largest absolute Gasteiger partial charge is 0.352 e. The van der Waals surface area contributed by atoms with Crippen molar-refractivity contribution in [3.8, 4) is 0 Å². The van der Waals surface area contributed by atoms with Gasteiger partial charge in [0.25, 0.3) is 0 Å². The lowest BCUT2D eigenvalue weighted by Gasteiger charge is -2.29. The van der Waals surface area contributed by atoms with E-state index in [4.69, 9.17) is 0 Å². The molecule has 2 amide bonds. The van der Waals surface area contributed by atoms with Crippen LogP contribution in [0, 0.1) is 0 Å². The molecule has 0 unspecified atom stereocenters. The lowest BCUT2D eigenvalue weighted by atomic mass is 10.0. The Balaban J connectivity index is 1.78. The van der Waals surface area contributed by atoms with E-state index in [9.17, 15) is 9.59 Å². The van der Waals surface area contributed by atoms with E-state index in [1.54, 1.807) is 11.8 Å². The first-order valence-electron chi connectivity index (χ1n) is 10.7. The molecule has 3 rings (SSSR count). The third-order valence-corrected chi connectivity index (χ3v) is 5.88. The SMILES string of the molecule is CC(C)NC(=O)[C@H](C)N(Cc1ccc(Br)cc1)C(=O)CCc1cccc2ccccc12. The highest BCUT2D eigenvalue weighted by Gasteiger charge is 2.26. The third kappa shape index (κ3) is 6.17. The summed E-state index contributed by atoms with van der Waals surface area (Å²) >= 11 is 3.45. The average molecular weight is 481 g/mol. The van der Waals surface area contributed by atoms with E-state index in [1.807, 2.05) is 56.3 Å². The van der Waals surface area contributed by atoms with Gasteiger partial charge in [-0.1, -0.05) is 70.5 Å². The minimum Gasteiger partial charge on any atom is -0.352 e. The van der Waals surface area contributed by atoms with Crippen LogP contribution in [0.3, 0.4) is 0 Å². The van der Waals surface area contributed by atoms with E-state index in [1.165, 1.54) is 10.8 Å². The zero-order chi connectivity index (χ0) is 22.4. The smallest absolute Gasteiger partial charge is 0.242 e. The van der Waals surface area contributed by atoms with Crippen LogP contribution in [0.25, 0.3) is 10.8 Å². The lowest BCUT2D eigenvalue weighted by molar-refractivity contribution is -0.140. The Kier molecular flexibility index (Phi) is 7.85. The van der Waals surface area contributed by atoms with E-state index in [0.29, 0.717) is 19.4 Å². The number of carbonyl (C=O) groups excluding carboxylic acids is 2. The molecule has 0 radical (unpaired) electrons. The minimum atomic E-state index is -0.550. The van der Waals surface area contributed by atoms with Crippen LogP contribution in [0.1, 0.15) is 38.3 Å². The molecule has 0 fully saturated rings. The van der Waals surface area contributed by atoms with Crippen molar-refractivity contribution >= 4 is 38.5 Å². The van der Waals surface area contributed by atoms with Gasteiger partial charge in [-0.3, -0.25) is 9.59 Å². The van der Waals surface area contributed by atoms with E-state index < -0.39 is 6.04 Å². The Morgan fingerprint density at radius 2 is 1.61 bits per heavy atom. The van der Waals surface area contributed by atoms with E-state index >= 15 is 0 Å². The highest BCUT2D eigenvalue weighted by Crippen LogP contribution is 2.21. The van der Waals surface area contributed by atoms with Gasteiger partial charge in [0.2, 0.25) is 11.8 Å². The van der Waals surface area contributed by atoms with Crippen molar-refractivity contribution in [2.24, 2.45) is 0 Å². The topological polar surface area (TPSA) is 49.4 Å². The summed E-state index contributed by atoms with van der Waals surface area (Å²) in [6.45, 7) is 6.04. The molecule has 1 atom stereocenters. The van der Waals surface area contributed by atoms with Crippen LogP contribution in [0.4, 0.5) is 0 Å². The second-order valence-corrected chi connectivity index (χ2v) is 9.04. The molecule has 0 spiro atoms. The van der Waals surface area contributed by atoms with Crippen LogP contribution < -0.4 is 5.32 Å². The number of carbonyl (C=O) groups is 2. The van der Waals surface area contributed by atoms with Crippen LogP contribution in [0.5, 0.6) is 0 Å². The number of amides is 2. The molecule has 1 N–H and O–H groups in total. The van der Waals surface area contributed by atoms with Crippen LogP contribution in [0.2, 0.25) is 0 Å².